The van der Waals surface area contributed by atoms with Crippen LogP contribution in [0.15, 0.2) is 0 Å². The quantitative estimate of drug-likeness (QED) is 0.572. The van der Waals surface area contributed by atoms with E-state index in [2.05, 4.69) is 12.2 Å². The summed E-state index contributed by atoms with van der Waals surface area (Å²) < 4.78 is 5.13. The molecule has 1 amide bonds. The minimum absolute atomic E-state index is 0.207. The van der Waals surface area contributed by atoms with Gasteiger partial charge in [-0.2, -0.15) is 0 Å². The standard InChI is InChI=1S/C8H13NO2/c1-5-6-3-2-4-7(6)11-8(10)9-5/h5-7H,2-4H2,1H3,(H,9,10)/t5-,6-,7-/m1/s1. The molecule has 1 heterocycles. The molecule has 0 radical (unpaired) electrons. The summed E-state index contributed by atoms with van der Waals surface area (Å²) in [6.07, 6.45) is 3.43. The zero-order valence-electron chi connectivity index (χ0n) is 6.67. The van der Waals surface area contributed by atoms with Crippen LogP contribution in [-0.4, -0.2) is 18.2 Å². The predicted octanol–water partition coefficient (Wildman–Crippen LogP) is 1.28. The highest BCUT2D eigenvalue weighted by Gasteiger charge is 2.38. The molecule has 0 spiro atoms. The molecule has 1 N–H and O–H groups in total. The van der Waals surface area contributed by atoms with Crippen LogP contribution in [0, 0.1) is 5.92 Å². The first-order chi connectivity index (χ1) is 5.27. The minimum Gasteiger partial charge on any atom is -0.446 e. The van der Waals surface area contributed by atoms with Crippen molar-refractivity contribution in [2.24, 2.45) is 5.92 Å². The van der Waals surface area contributed by atoms with Crippen LogP contribution in [0.1, 0.15) is 26.2 Å². The van der Waals surface area contributed by atoms with E-state index in [9.17, 15) is 4.79 Å². The molecule has 0 unspecified atom stereocenters. The molecule has 1 aliphatic carbocycles. The molecule has 0 aromatic heterocycles. The number of rotatable bonds is 0. The summed E-state index contributed by atoms with van der Waals surface area (Å²) in [5, 5.41) is 2.79. The van der Waals surface area contributed by atoms with E-state index in [4.69, 9.17) is 4.74 Å². The number of hydrogen-bond donors (Lipinski definition) is 1. The topological polar surface area (TPSA) is 38.3 Å². The Morgan fingerprint density at radius 1 is 1.55 bits per heavy atom. The summed E-state index contributed by atoms with van der Waals surface area (Å²) in [6.45, 7) is 2.06. The van der Waals surface area contributed by atoms with E-state index in [0.717, 1.165) is 6.42 Å². The lowest BCUT2D eigenvalue weighted by Crippen LogP contribution is -2.48. The molecule has 3 heteroatoms. The third kappa shape index (κ3) is 1.08. The molecule has 1 saturated carbocycles. The number of carbonyl (C=O) groups is 1. The predicted molar refractivity (Wildman–Crippen MR) is 40.2 cm³/mol. The number of fused-ring (bicyclic) bond motifs is 1. The van der Waals surface area contributed by atoms with Crippen molar-refractivity contribution >= 4 is 6.09 Å². The Labute approximate surface area is 66.1 Å². The van der Waals surface area contributed by atoms with Gasteiger partial charge >= 0.3 is 6.09 Å². The molecule has 0 aromatic carbocycles. The average molecular weight is 155 g/mol. The second-order valence-electron chi connectivity index (χ2n) is 3.47. The summed E-state index contributed by atoms with van der Waals surface area (Å²) >= 11 is 0. The highest BCUT2D eigenvalue weighted by molar-refractivity contribution is 5.68. The lowest BCUT2D eigenvalue weighted by molar-refractivity contribution is 0.0356. The van der Waals surface area contributed by atoms with Crippen molar-refractivity contribution in [3.63, 3.8) is 0 Å². The van der Waals surface area contributed by atoms with Gasteiger partial charge in [0.05, 0.1) is 0 Å². The van der Waals surface area contributed by atoms with Gasteiger partial charge in [-0.3, -0.25) is 0 Å². The minimum atomic E-state index is -0.236. The third-order valence-electron chi connectivity index (χ3n) is 2.75. The van der Waals surface area contributed by atoms with Crippen molar-refractivity contribution in [1.29, 1.82) is 0 Å². The molecule has 3 atom stereocenters. The Kier molecular flexibility index (Phi) is 1.51. The van der Waals surface area contributed by atoms with Crippen LogP contribution in [0.25, 0.3) is 0 Å². The van der Waals surface area contributed by atoms with Crippen molar-refractivity contribution in [3.05, 3.63) is 0 Å². The van der Waals surface area contributed by atoms with Crippen molar-refractivity contribution < 1.29 is 9.53 Å². The number of carbonyl (C=O) groups excluding carboxylic acids is 1. The molecule has 62 valence electrons. The van der Waals surface area contributed by atoms with E-state index >= 15 is 0 Å². The molecule has 1 saturated heterocycles. The van der Waals surface area contributed by atoms with Crippen LogP contribution < -0.4 is 5.32 Å². The highest BCUT2D eigenvalue weighted by atomic mass is 16.6. The molecule has 11 heavy (non-hydrogen) atoms. The van der Waals surface area contributed by atoms with Crippen molar-refractivity contribution in [1.82, 2.24) is 5.32 Å². The van der Waals surface area contributed by atoms with Crippen LogP contribution in [0.5, 0.6) is 0 Å². The maximum atomic E-state index is 10.9. The Morgan fingerprint density at radius 3 is 3.18 bits per heavy atom. The zero-order chi connectivity index (χ0) is 7.84. The molecule has 0 aromatic rings. The Bertz CT molecular complexity index is 181. The van der Waals surface area contributed by atoms with Crippen LogP contribution in [-0.2, 0) is 4.74 Å². The summed E-state index contributed by atoms with van der Waals surface area (Å²) in [5.41, 5.74) is 0. The van der Waals surface area contributed by atoms with Crippen molar-refractivity contribution in [3.8, 4) is 0 Å². The first-order valence-electron chi connectivity index (χ1n) is 4.24. The Hall–Kier alpha value is -0.730. The fourth-order valence-corrected chi connectivity index (χ4v) is 2.14. The zero-order valence-corrected chi connectivity index (χ0v) is 6.67. The van der Waals surface area contributed by atoms with Crippen LogP contribution in [0.3, 0.4) is 0 Å². The molecular weight excluding hydrogens is 142 g/mol. The van der Waals surface area contributed by atoms with E-state index in [1.54, 1.807) is 0 Å². The van der Waals surface area contributed by atoms with Gasteiger partial charge in [0.2, 0.25) is 0 Å². The van der Waals surface area contributed by atoms with E-state index in [0.29, 0.717) is 12.0 Å². The highest BCUT2D eigenvalue weighted by Crippen LogP contribution is 2.33. The summed E-state index contributed by atoms with van der Waals surface area (Å²) in [6, 6.07) is 0.309. The van der Waals surface area contributed by atoms with E-state index < -0.39 is 0 Å². The van der Waals surface area contributed by atoms with Gasteiger partial charge in [-0.15, -0.1) is 0 Å². The van der Waals surface area contributed by atoms with Gasteiger partial charge in [0, 0.05) is 12.0 Å². The SMILES string of the molecule is C[C@H]1NC(=O)O[C@@H]2CCC[C@H]12. The van der Waals surface area contributed by atoms with Gasteiger partial charge in [-0.05, 0) is 26.2 Å². The molecule has 2 aliphatic rings. The number of alkyl carbamates (subject to hydrolysis) is 1. The monoisotopic (exact) mass is 155 g/mol. The molecule has 2 rings (SSSR count). The van der Waals surface area contributed by atoms with Crippen LogP contribution in [0.4, 0.5) is 4.79 Å². The van der Waals surface area contributed by atoms with Crippen LogP contribution in [0.2, 0.25) is 0 Å². The first-order valence-corrected chi connectivity index (χ1v) is 4.24. The number of hydrogen-bond acceptors (Lipinski definition) is 2. The second-order valence-corrected chi connectivity index (χ2v) is 3.47. The fraction of sp³-hybridized carbons (Fsp3) is 0.875. The second kappa shape index (κ2) is 2.40. The summed E-state index contributed by atoms with van der Waals surface area (Å²) in [7, 11) is 0. The van der Waals surface area contributed by atoms with Crippen LogP contribution >= 0.6 is 0 Å². The lowest BCUT2D eigenvalue weighted by Gasteiger charge is -2.31. The average Bonchev–Trinajstić information content (AvgIpc) is 2.34. The number of nitrogens with one attached hydrogen (secondary N) is 1. The third-order valence-corrected chi connectivity index (χ3v) is 2.75. The molecule has 2 fully saturated rings. The maximum Gasteiger partial charge on any atom is 0.407 e. The fourth-order valence-electron chi connectivity index (χ4n) is 2.14. The molecule has 3 nitrogen and oxygen atoms in total. The molecular formula is C8H13NO2. The summed E-state index contributed by atoms with van der Waals surface area (Å²) in [4.78, 5) is 10.9. The largest absolute Gasteiger partial charge is 0.446 e. The first kappa shape index (κ1) is 6.95. The van der Waals surface area contributed by atoms with E-state index in [-0.39, 0.29) is 12.2 Å². The van der Waals surface area contributed by atoms with Gasteiger partial charge in [0.25, 0.3) is 0 Å². The van der Waals surface area contributed by atoms with Crippen molar-refractivity contribution in [2.45, 2.75) is 38.3 Å². The van der Waals surface area contributed by atoms with Crippen molar-refractivity contribution in [2.75, 3.05) is 0 Å². The van der Waals surface area contributed by atoms with Gasteiger partial charge in [-0.1, -0.05) is 0 Å². The molecule has 1 aliphatic heterocycles. The number of ether oxygens (including phenoxy) is 1. The van der Waals surface area contributed by atoms with Gasteiger partial charge < -0.3 is 10.1 Å². The molecule has 0 bridgehead atoms. The smallest absolute Gasteiger partial charge is 0.407 e. The number of amides is 1. The Balaban J connectivity index is 2.10. The maximum absolute atomic E-state index is 10.9. The van der Waals surface area contributed by atoms with E-state index in [1.165, 1.54) is 12.8 Å². The Morgan fingerprint density at radius 2 is 2.36 bits per heavy atom. The van der Waals surface area contributed by atoms with Gasteiger partial charge in [0.15, 0.2) is 0 Å². The van der Waals surface area contributed by atoms with Gasteiger partial charge in [0.1, 0.15) is 6.10 Å². The lowest BCUT2D eigenvalue weighted by atomic mass is 9.96. The van der Waals surface area contributed by atoms with E-state index in [1.807, 2.05) is 0 Å². The normalized spacial score (nSPS) is 42.6. The van der Waals surface area contributed by atoms with Gasteiger partial charge in [-0.25, -0.2) is 4.79 Å². The summed E-state index contributed by atoms with van der Waals surface area (Å²) in [5.74, 6) is 0.563.